The number of amidine groups is 1. The number of hydrogen-bond acceptors (Lipinski definition) is 4. The van der Waals surface area contributed by atoms with E-state index in [2.05, 4.69) is 9.98 Å². The lowest BCUT2D eigenvalue weighted by Crippen LogP contribution is -2.23. The van der Waals surface area contributed by atoms with E-state index in [0.29, 0.717) is 21.9 Å². The van der Waals surface area contributed by atoms with Crippen molar-refractivity contribution in [2.45, 2.75) is 6.54 Å². The zero-order valence-electron chi connectivity index (χ0n) is 9.31. The molecular formula is C10H10Cl2N4S. The zero-order chi connectivity index (χ0) is 12.8. The maximum absolute atomic E-state index is 8.54. The first kappa shape index (κ1) is 14.1. The molecule has 0 saturated heterocycles. The fourth-order valence-electron chi connectivity index (χ4n) is 1.23. The van der Waals surface area contributed by atoms with E-state index < -0.39 is 0 Å². The van der Waals surface area contributed by atoms with Gasteiger partial charge < -0.3 is 4.90 Å². The second-order valence-corrected chi connectivity index (χ2v) is 4.73. The van der Waals surface area contributed by atoms with Gasteiger partial charge in [-0.25, -0.2) is 4.98 Å². The Morgan fingerprint density at radius 1 is 1.65 bits per heavy atom. The number of pyridine rings is 1. The van der Waals surface area contributed by atoms with Crippen LogP contribution in [0.2, 0.25) is 10.2 Å². The summed E-state index contributed by atoms with van der Waals surface area (Å²) < 4.78 is 0. The number of nitriles is 1. The Morgan fingerprint density at radius 3 is 2.94 bits per heavy atom. The zero-order valence-corrected chi connectivity index (χ0v) is 11.6. The molecule has 0 saturated carbocycles. The van der Waals surface area contributed by atoms with Crippen LogP contribution >= 0.6 is 35.0 Å². The van der Waals surface area contributed by atoms with Gasteiger partial charge in [0.05, 0.1) is 5.02 Å². The number of halogens is 2. The maximum Gasteiger partial charge on any atom is 0.208 e. The van der Waals surface area contributed by atoms with Crippen LogP contribution in [0.5, 0.6) is 0 Å². The van der Waals surface area contributed by atoms with Gasteiger partial charge in [-0.2, -0.15) is 5.26 Å². The van der Waals surface area contributed by atoms with E-state index in [1.165, 1.54) is 18.0 Å². The molecule has 0 unspecified atom stereocenters. The summed E-state index contributed by atoms with van der Waals surface area (Å²) in [7, 11) is 1.82. The van der Waals surface area contributed by atoms with Crippen LogP contribution in [0.1, 0.15) is 5.56 Å². The average Bonchev–Trinajstić information content (AvgIpc) is 2.30. The summed E-state index contributed by atoms with van der Waals surface area (Å²) in [6, 6.07) is 1.75. The molecule has 0 N–H and O–H groups in total. The Labute approximate surface area is 114 Å². The van der Waals surface area contributed by atoms with Gasteiger partial charge in [-0.1, -0.05) is 35.0 Å². The number of aromatic nitrogens is 1. The molecule has 90 valence electrons. The minimum atomic E-state index is 0.402. The predicted molar refractivity (Wildman–Crippen MR) is 72.3 cm³/mol. The molecule has 0 aliphatic carbocycles. The second kappa shape index (κ2) is 6.70. The van der Waals surface area contributed by atoms with Crippen molar-refractivity contribution in [1.82, 2.24) is 9.88 Å². The first-order chi connectivity index (χ1) is 8.08. The van der Waals surface area contributed by atoms with Crippen LogP contribution in [0.25, 0.3) is 0 Å². The molecule has 0 bridgehead atoms. The highest BCUT2D eigenvalue weighted by molar-refractivity contribution is 8.13. The molecule has 0 aliphatic heterocycles. The van der Waals surface area contributed by atoms with Crippen molar-refractivity contribution in [2.75, 3.05) is 13.3 Å². The number of hydrogen-bond donors (Lipinski definition) is 0. The summed E-state index contributed by atoms with van der Waals surface area (Å²) in [5.41, 5.74) is 0.793. The van der Waals surface area contributed by atoms with Gasteiger partial charge in [0.25, 0.3) is 0 Å². The molecule has 1 aromatic heterocycles. The van der Waals surface area contributed by atoms with Crippen LogP contribution in [0.15, 0.2) is 17.3 Å². The van der Waals surface area contributed by atoms with E-state index in [1.54, 1.807) is 12.3 Å². The molecule has 0 aliphatic rings. The van der Waals surface area contributed by atoms with Crippen molar-refractivity contribution in [3.05, 3.63) is 28.0 Å². The standard InChI is InChI=1S/C10H10Cl2N4S/c1-16(10(17-2)15-6-13)5-7-3-8(11)4-14-9(7)12/h3-4H,5H2,1-2H3. The molecule has 7 heteroatoms. The van der Waals surface area contributed by atoms with Crippen LogP contribution in [0.3, 0.4) is 0 Å². The Bertz CT molecular complexity index is 470. The normalized spacial score (nSPS) is 11.1. The molecule has 17 heavy (non-hydrogen) atoms. The van der Waals surface area contributed by atoms with Gasteiger partial charge in [0.1, 0.15) is 5.15 Å². The minimum absolute atomic E-state index is 0.402. The molecule has 1 heterocycles. The minimum Gasteiger partial charge on any atom is -0.349 e. The van der Waals surface area contributed by atoms with Crippen molar-refractivity contribution in [3.8, 4) is 6.19 Å². The third-order valence-corrected chi connectivity index (χ3v) is 3.26. The van der Waals surface area contributed by atoms with Gasteiger partial charge in [-0.3, -0.25) is 0 Å². The number of rotatable bonds is 2. The lowest BCUT2D eigenvalue weighted by Gasteiger charge is -2.19. The third-order valence-electron chi connectivity index (χ3n) is 1.94. The predicted octanol–water partition coefficient (Wildman–Crippen LogP) is 3.02. The topological polar surface area (TPSA) is 52.3 Å². The molecule has 1 aromatic rings. The fraction of sp³-hybridized carbons (Fsp3) is 0.300. The summed E-state index contributed by atoms with van der Waals surface area (Å²) in [5.74, 6) is 0. The van der Waals surface area contributed by atoms with Crippen LogP contribution < -0.4 is 0 Å². The maximum atomic E-state index is 8.54. The van der Waals surface area contributed by atoms with E-state index in [-0.39, 0.29) is 0 Å². The first-order valence-electron chi connectivity index (χ1n) is 4.60. The Balaban J connectivity index is 2.87. The van der Waals surface area contributed by atoms with Crippen molar-refractivity contribution in [2.24, 2.45) is 4.99 Å². The van der Waals surface area contributed by atoms with Gasteiger partial charge >= 0.3 is 0 Å². The molecular weight excluding hydrogens is 279 g/mol. The summed E-state index contributed by atoms with van der Waals surface area (Å²) in [4.78, 5) is 9.48. The fourth-order valence-corrected chi connectivity index (χ4v) is 2.08. The van der Waals surface area contributed by atoms with Gasteiger partial charge in [0.15, 0.2) is 5.17 Å². The van der Waals surface area contributed by atoms with Crippen molar-refractivity contribution in [1.29, 1.82) is 5.26 Å². The summed E-state index contributed by atoms with van der Waals surface area (Å²) in [5, 5.41) is 10.1. The highest BCUT2D eigenvalue weighted by Gasteiger charge is 2.10. The van der Waals surface area contributed by atoms with E-state index in [9.17, 15) is 0 Å². The largest absolute Gasteiger partial charge is 0.349 e. The van der Waals surface area contributed by atoms with Crippen LogP contribution in [0, 0.1) is 11.5 Å². The first-order valence-corrected chi connectivity index (χ1v) is 6.58. The smallest absolute Gasteiger partial charge is 0.208 e. The highest BCUT2D eigenvalue weighted by atomic mass is 35.5. The SMILES string of the molecule is CSC(=NC#N)N(C)Cc1cc(Cl)cnc1Cl. The highest BCUT2D eigenvalue weighted by Crippen LogP contribution is 2.19. The van der Waals surface area contributed by atoms with Gasteiger partial charge in [-0.15, -0.1) is 4.99 Å². The van der Waals surface area contributed by atoms with Crippen LogP contribution in [0.4, 0.5) is 0 Å². The van der Waals surface area contributed by atoms with E-state index in [1.807, 2.05) is 18.2 Å². The van der Waals surface area contributed by atoms with Crippen molar-refractivity contribution < 1.29 is 0 Å². The molecule has 0 radical (unpaired) electrons. The van der Waals surface area contributed by atoms with Crippen LogP contribution in [-0.2, 0) is 6.54 Å². The van der Waals surface area contributed by atoms with Crippen molar-refractivity contribution >= 4 is 40.1 Å². The van der Waals surface area contributed by atoms with Gasteiger partial charge in [-0.05, 0) is 12.3 Å². The lowest BCUT2D eigenvalue weighted by molar-refractivity contribution is 0.510. The summed E-state index contributed by atoms with van der Waals surface area (Å²) in [6.07, 6.45) is 5.11. The average molecular weight is 289 g/mol. The van der Waals surface area contributed by atoms with Crippen molar-refractivity contribution in [3.63, 3.8) is 0 Å². The Morgan fingerprint density at radius 2 is 2.35 bits per heavy atom. The molecule has 4 nitrogen and oxygen atoms in total. The monoisotopic (exact) mass is 288 g/mol. The molecule has 0 aromatic carbocycles. The second-order valence-electron chi connectivity index (χ2n) is 3.16. The van der Waals surface area contributed by atoms with E-state index in [4.69, 9.17) is 28.5 Å². The van der Waals surface area contributed by atoms with E-state index >= 15 is 0 Å². The Kier molecular flexibility index (Phi) is 5.56. The quantitative estimate of drug-likeness (QED) is 0.363. The van der Waals surface area contributed by atoms with Gasteiger partial charge in [0.2, 0.25) is 6.19 Å². The molecule has 0 fully saturated rings. The number of aliphatic imine (C=N–C) groups is 1. The van der Waals surface area contributed by atoms with Crippen LogP contribution in [-0.4, -0.2) is 28.4 Å². The third kappa shape index (κ3) is 4.08. The number of nitrogens with zero attached hydrogens (tertiary/aromatic N) is 4. The number of thioether (sulfide) groups is 1. The van der Waals surface area contributed by atoms with Gasteiger partial charge in [0, 0.05) is 25.4 Å². The molecule has 1 rings (SSSR count). The lowest BCUT2D eigenvalue weighted by atomic mass is 10.3. The summed E-state index contributed by atoms with van der Waals surface area (Å²) >= 11 is 13.2. The molecule has 0 spiro atoms. The molecule has 0 atom stereocenters. The van der Waals surface area contributed by atoms with E-state index in [0.717, 1.165) is 5.56 Å². The molecule has 0 amide bonds. The summed E-state index contributed by atoms with van der Waals surface area (Å²) in [6.45, 7) is 0.494. The Hall–Kier alpha value is -0.960.